The fourth-order valence-electron chi connectivity index (χ4n) is 3.28. The first kappa shape index (κ1) is 18.3. The quantitative estimate of drug-likeness (QED) is 0.616. The Balaban J connectivity index is 1.62. The average Bonchev–Trinajstić information content (AvgIpc) is 2.68. The van der Waals surface area contributed by atoms with Crippen LogP contribution in [0, 0.1) is 5.82 Å². The Morgan fingerprint density at radius 1 is 1.23 bits per heavy atom. The van der Waals surface area contributed by atoms with Crippen molar-refractivity contribution in [3.8, 4) is 0 Å². The number of aromatic nitrogens is 1. The van der Waals surface area contributed by atoms with E-state index in [0.717, 1.165) is 30.5 Å². The van der Waals surface area contributed by atoms with Crippen molar-refractivity contribution >= 4 is 5.96 Å². The fraction of sp³-hybridized carbons (Fsp3) is 0.400. The largest absolute Gasteiger partial charge is 0.381 e. The minimum absolute atomic E-state index is 0.223. The maximum Gasteiger partial charge on any atom is 0.188 e. The summed E-state index contributed by atoms with van der Waals surface area (Å²) in [6.45, 7) is 2.49. The second-order valence-electron chi connectivity index (χ2n) is 6.60. The maximum absolute atomic E-state index is 13.7. The molecular weight excluding hydrogens is 331 g/mol. The van der Waals surface area contributed by atoms with Crippen molar-refractivity contribution < 1.29 is 9.13 Å². The van der Waals surface area contributed by atoms with Crippen LogP contribution in [0.1, 0.15) is 24.1 Å². The van der Waals surface area contributed by atoms with Gasteiger partial charge in [-0.3, -0.25) is 9.98 Å². The van der Waals surface area contributed by atoms with Crippen LogP contribution in [0.25, 0.3) is 0 Å². The molecule has 1 saturated heterocycles. The zero-order chi connectivity index (χ0) is 18.2. The van der Waals surface area contributed by atoms with E-state index in [1.807, 2.05) is 24.3 Å². The average molecular weight is 356 g/mol. The van der Waals surface area contributed by atoms with Gasteiger partial charge in [-0.05, 0) is 42.7 Å². The van der Waals surface area contributed by atoms with Crippen LogP contribution in [0.5, 0.6) is 0 Å². The van der Waals surface area contributed by atoms with Gasteiger partial charge in [-0.15, -0.1) is 0 Å². The van der Waals surface area contributed by atoms with E-state index in [1.54, 1.807) is 18.3 Å². The van der Waals surface area contributed by atoms with Gasteiger partial charge in [0.15, 0.2) is 5.96 Å². The minimum Gasteiger partial charge on any atom is -0.381 e. The summed E-state index contributed by atoms with van der Waals surface area (Å²) in [5.41, 5.74) is 7.78. The molecular formula is C20H25FN4O. The monoisotopic (exact) mass is 356 g/mol. The van der Waals surface area contributed by atoms with Crippen molar-refractivity contribution in [3.63, 3.8) is 0 Å². The molecule has 1 aromatic heterocycles. The summed E-state index contributed by atoms with van der Waals surface area (Å²) in [5.74, 6) is 0.182. The van der Waals surface area contributed by atoms with Crippen LogP contribution in [0.2, 0.25) is 0 Å². The number of pyridine rings is 1. The molecule has 3 N–H and O–H groups in total. The Hall–Kier alpha value is -2.47. The SMILES string of the molecule is NC(=NCC1(c2cccc(F)c2)CCOCC1)NCCc1ccccn1. The maximum atomic E-state index is 13.7. The highest BCUT2D eigenvalue weighted by Crippen LogP contribution is 2.35. The van der Waals surface area contributed by atoms with E-state index in [1.165, 1.54) is 6.07 Å². The van der Waals surface area contributed by atoms with E-state index in [-0.39, 0.29) is 11.2 Å². The number of aliphatic imine (C=N–C) groups is 1. The number of guanidine groups is 1. The third-order valence-electron chi connectivity index (χ3n) is 4.85. The number of hydrogen-bond donors (Lipinski definition) is 2. The van der Waals surface area contributed by atoms with Gasteiger partial charge in [-0.25, -0.2) is 4.39 Å². The number of benzene rings is 1. The Morgan fingerprint density at radius 3 is 2.81 bits per heavy atom. The summed E-state index contributed by atoms with van der Waals surface area (Å²) in [6, 6.07) is 12.6. The zero-order valence-electron chi connectivity index (χ0n) is 14.8. The molecule has 0 bridgehead atoms. The Morgan fingerprint density at radius 2 is 2.08 bits per heavy atom. The minimum atomic E-state index is -0.229. The van der Waals surface area contributed by atoms with Gasteiger partial charge in [0.25, 0.3) is 0 Å². The smallest absolute Gasteiger partial charge is 0.188 e. The second-order valence-corrected chi connectivity index (χ2v) is 6.60. The van der Waals surface area contributed by atoms with Crippen molar-refractivity contribution in [2.45, 2.75) is 24.7 Å². The third-order valence-corrected chi connectivity index (χ3v) is 4.85. The summed E-state index contributed by atoms with van der Waals surface area (Å²) in [7, 11) is 0. The Kier molecular flexibility index (Phi) is 6.17. The second kappa shape index (κ2) is 8.76. The van der Waals surface area contributed by atoms with Crippen LogP contribution >= 0.6 is 0 Å². The van der Waals surface area contributed by atoms with Crippen LogP contribution < -0.4 is 11.1 Å². The molecule has 2 aromatic rings. The van der Waals surface area contributed by atoms with Gasteiger partial charge < -0.3 is 15.8 Å². The molecule has 0 atom stereocenters. The molecule has 1 aliphatic rings. The first-order chi connectivity index (χ1) is 12.7. The lowest BCUT2D eigenvalue weighted by Gasteiger charge is -2.36. The van der Waals surface area contributed by atoms with Crippen LogP contribution in [0.3, 0.4) is 0 Å². The van der Waals surface area contributed by atoms with Gasteiger partial charge in [0.05, 0.1) is 6.54 Å². The molecule has 5 nitrogen and oxygen atoms in total. The highest BCUT2D eigenvalue weighted by molar-refractivity contribution is 5.77. The molecule has 0 saturated carbocycles. The number of halogens is 1. The Bertz CT molecular complexity index is 730. The summed E-state index contributed by atoms with van der Waals surface area (Å²) >= 11 is 0. The summed E-state index contributed by atoms with van der Waals surface area (Å²) in [6.07, 6.45) is 4.17. The molecule has 1 aromatic carbocycles. The zero-order valence-corrected chi connectivity index (χ0v) is 14.8. The summed E-state index contributed by atoms with van der Waals surface area (Å²) in [5, 5.41) is 3.13. The van der Waals surface area contributed by atoms with E-state index < -0.39 is 0 Å². The van der Waals surface area contributed by atoms with Crippen molar-refractivity contribution in [1.29, 1.82) is 0 Å². The molecule has 26 heavy (non-hydrogen) atoms. The van der Waals surface area contributed by atoms with E-state index in [2.05, 4.69) is 15.3 Å². The van der Waals surface area contributed by atoms with Crippen LogP contribution in [-0.2, 0) is 16.6 Å². The molecule has 2 heterocycles. The van der Waals surface area contributed by atoms with Gasteiger partial charge in [0, 0.05) is 43.5 Å². The highest BCUT2D eigenvalue weighted by atomic mass is 19.1. The Labute approximate surface area is 153 Å². The number of hydrogen-bond acceptors (Lipinski definition) is 3. The van der Waals surface area contributed by atoms with Crippen molar-refractivity contribution in [3.05, 3.63) is 65.7 Å². The first-order valence-corrected chi connectivity index (χ1v) is 8.95. The molecule has 0 amide bonds. The van der Waals surface area contributed by atoms with Crippen molar-refractivity contribution in [2.75, 3.05) is 26.3 Å². The topological polar surface area (TPSA) is 72.5 Å². The van der Waals surface area contributed by atoms with Crippen molar-refractivity contribution in [2.24, 2.45) is 10.7 Å². The normalized spacial score (nSPS) is 17.0. The lowest BCUT2D eigenvalue weighted by molar-refractivity contribution is 0.0530. The van der Waals surface area contributed by atoms with Gasteiger partial charge in [-0.2, -0.15) is 0 Å². The summed E-state index contributed by atoms with van der Waals surface area (Å²) in [4.78, 5) is 8.83. The van der Waals surface area contributed by atoms with Crippen molar-refractivity contribution in [1.82, 2.24) is 10.3 Å². The molecule has 6 heteroatoms. The van der Waals surface area contributed by atoms with Crippen LogP contribution in [-0.4, -0.2) is 37.2 Å². The molecule has 0 unspecified atom stereocenters. The van der Waals surface area contributed by atoms with E-state index in [0.29, 0.717) is 32.3 Å². The van der Waals surface area contributed by atoms with Crippen LogP contribution in [0.15, 0.2) is 53.7 Å². The number of nitrogens with zero attached hydrogens (tertiary/aromatic N) is 2. The molecule has 0 aliphatic carbocycles. The standard InChI is InChI=1S/C20H25FN4O/c21-17-5-3-4-16(14-17)20(8-12-26-13-9-20)15-25-19(22)24-11-7-18-6-1-2-10-23-18/h1-6,10,14H,7-9,11-13,15H2,(H3,22,24,25). The lowest BCUT2D eigenvalue weighted by Crippen LogP contribution is -2.39. The number of nitrogens with one attached hydrogen (secondary N) is 1. The van der Waals surface area contributed by atoms with E-state index >= 15 is 0 Å². The molecule has 1 fully saturated rings. The third kappa shape index (κ3) is 4.79. The first-order valence-electron chi connectivity index (χ1n) is 8.95. The molecule has 1 aliphatic heterocycles. The predicted octanol–water partition coefficient (Wildman–Crippen LogP) is 2.42. The van der Waals surface area contributed by atoms with Crippen LogP contribution in [0.4, 0.5) is 4.39 Å². The van der Waals surface area contributed by atoms with Gasteiger partial charge in [0.2, 0.25) is 0 Å². The highest BCUT2D eigenvalue weighted by Gasteiger charge is 2.34. The fourth-order valence-corrected chi connectivity index (χ4v) is 3.28. The number of nitrogens with two attached hydrogens (primary N) is 1. The number of rotatable bonds is 6. The van der Waals surface area contributed by atoms with E-state index in [4.69, 9.17) is 10.5 Å². The van der Waals surface area contributed by atoms with Gasteiger partial charge in [0.1, 0.15) is 5.82 Å². The lowest BCUT2D eigenvalue weighted by atomic mass is 9.74. The molecule has 0 radical (unpaired) electrons. The van der Waals surface area contributed by atoms with E-state index in [9.17, 15) is 4.39 Å². The molecule has 3 rings (SSSR count). The van der Waals surface area contributed by atoms with Gasteiger partial charge >= 0.3 is 0 Å². The molecule has 0 spiro atoms. The number of ether oxygens (including phenoxy) is 1. The molecule has 138 valence electrons. The summed E-state index contributed by atoms with van der Waals surface area (Å²) < 4.78 is 19.2. The van der Waals surface area contributed by atoms with Gasteiger partial charge in [-0.1, -0.05) is 18.2 Å². The predicted molar refractivity (Wildman–Crippen MR) is 101 cm³/mol.